The average Bonchev–Trinajstić information content (AvgIpc) is 3.54. The molecule has 1 spiro atoms. The van der Waals surface area contributed by atoms with Crippen molar-refractivity contribution in [2.24, 2.45) is 11.3 Å². The highest BCUT2D eigenvalue weighted by molar-refractivity contribution is 6.32. The third-order valence-corrected chi connectivity index (χ3v) is 13.4. The van der Waals surface area contributed by atoms with E-state index < -0.39 is 11.9 Å². The molecule has 5 fully saturated rings. The summed E-state index contributed by atoms with van der Waals surface area (Å²) >= 11 is 6.36. The van der Waals surface area contributed by atoms with E-state index in [2.05, 4.69) is 55.4 Å². The second kappa shape index (κ2) is 16.5. The topological polar surface area (TPSA) is 115 Å². The van der Waals surface area contributed by atoms with Crippen LogP contribution < -0.4 is 25.3 Å². The number of anilines is 4. The third-order valence-electron chi connectivity index (χ3n) is 13.1. The summed E-state index contributed by atoms with van der Waals surface area (Å²) in [6, 6.07) is 21.0. The number of hydrogen-bond acceptors (Lipinski definition) is 9. The lowest BCUT2D eigenvalue weighted by atomic mass is 9.76. The van der Waals surface area contributed by atoms with Crippen LogP contribution in [0.25, 0.3) is 0 Å². The first-order valence-electron chi connectivity index (χ1n) is 20.5. The van der Waals surface area contributed by atoms with Gasteiger partial charge in [-0.1, -0.05) is 17.7 Å². The molecule has 57 heavy (non-hydrogen) atoms. The van der Waals surface area contributed by atoms with Crippen LogP contribution in [-0.2, 0) is 9.59 Å². The summed E-state index contributed by atoms with van der Waals surface area (Å²) in [5.74, 6) is -0.669. The maximum Gasteiger partial charge on any atom is 0.256 e. The van der Waals surface area contributed by atoms with Crippen LogP contribution in [0.3, 0.4) is 0 Å². The number of carbonyl (C=O) groups excluding carboxylic acids is 3. The van der Waals surface area contributed by atoms with Crippen molar-refractivity contribution in [3.63, 3.8) is 0 Å². The summed E-state index contributed by atoms with van der Waals surface area (Å²) in [6.45, 7) is 10.8. The molecule has 300 valence electrons. The molecule has 3 amide bonds. The molecule has 0 unspecified atom stereocenters. The van der Waals surface area contributed by atoms with Gasteiger partial charge in [-0.15, -0.1) is 0 Å². The van der Waals surface area contributed by atoms with Crippen molar-refractivity contribution >= 4 is 52.1 Å². The summed E-state index contributed by atoms with van der Waals surface area (Å²) in [7, 11) is 0. The summed E-state index contributed by atoms with van der Waals surface area (Å²) < 4.78 is 15.6. The maximum absolute atomic E-state index is 15.6. The predicted molar refractivity (Wildman–Crippen MR) is 221 cm³/mol. The Labute approximate surface area is 339 Å². The van der Waals surface area contributed by atoms with Gasteiger partial charge in [-0.3, -0.25) is 24.6 Å². The molecule has 0 aliphatic carbocycles. The zero-order chi connectivity index (χ0) is 39.7. The number of nitrogens with zero attached hydrogens (tertiary/aromatic N) is 6. The van der Waals surface area contributed by atoms with Crippen LogP contribution in [0.2, 0.25) is 5.02 Å². The van der Waals surface area contributed by atoms with Gasteiger partial charge in [0.15, 0.2) is 0 Å². The molecule has 3 aromatic carbocycles. The molecule has 2 N–H and O–H groups in total. The van der Waals surface area contributed by atoms with Gasteiger partial charge in [0, 0.05) is 101 Å². The Kier molecular flexibility index (Phi) is 11.3. The SMILES string of the molecule is C[C@@H]1CC2(CCN(c3ccc(C(=O)N4CCC(CN5CCN(c6cccc(N[C@H]7CCC(=O)NC7=O)c6)CC5)CC4)c(F)c3)CC2)CN1c1ccc(C#N)c(Cl)c1. The molecule has 2 atom stereocenters. The van der Waals surface area contributed by atoms with Gasteiger partial charge in [0.1, 0.15) is 17.9 Å². The number of amides is 3. The van der Waals surface area contributed by atoms with Gasteiger partial charge >= 0.3 is 0 Å². The molecular formula is C44H52ClFN8O3. The minimum atomic E-state index is -0.451. The first-order valence-corrected chi connectivity index (χ1v) is 20.9. The Bertz CT molecular complexity index is 2030. The van der Waals surface area contributed by atoms with Gasteiger partial charge in [0.25, 0.3) is 5.91 Å². The minimum absolute atomic E-state index is 0.152. The van der Waals surface area contributed by atoms with Crippen LogP contribution in [0.15, 0.2) is 60.7 Å². The molecule has 3 aromatic rings. The second-order valence-electron chi connectivity index (χ2n) is 16.8. The molecule has 5 aliphatic rings. The van der Waals surface area contributed by atoms with E-state index in [1.807, 2.05) is 35.2 Å². The van der Waals surface area contributed by atoms with E-state index in [0.717, 1.165) is 107 Å². The number of likely N-dealkylation sites (tertiary alicyclic amines) is 1. The predicted octanol–water partition coefficient (Wildman–Crippen LogP) is 6.13. The Hall–Kier alpha value is -4.86. The van der Waals surface area contributed by atoms with Crippen molar-refractivity contribution in [2.75, 3.05) is 85.5 Å². The molecule has 5 heterocycles. The molecule has 13 heteroatoms. The van der Waals surface area contributed by atoms with Crippen LogP contribution >= 0.6 is 11.6 Å². The Morgan fingerprint density at radius 3 is 2.33 bits per heavy atom. The van der Waals surface area contributed by atoms with Gasteiger partial charge in [0.2, 0.25) is 11.8 Å². The van der Waals surface area contributed by atoms with Crippen molar-refractivity contribution in [1.29, 1.82) is 5.26 Å². The first-order chi connectivity index (χ1) is 27.6. The number of rotatable bonds is 8. The lowest BCUT2D eigenvalue weighted by Crippen LogP contribution is -2.49. The minimum Gasteiger partial charge on any atom is -0.374 e. The smallest absolute Gasteiger partial charge is 0.256 e. The van der Waals surface area contributed by atoms with E-state index >= 15 is 4.39 Å². The number of benzene rings is 3. The fourth-order valence-corrected chi connectivity index (χ4v) is 10.00. The third kappa shape index (κ3) is 8.56. The fourth-order valence-electron chi connectivity index (χ4n) is 9.78. The zero-order valence-corrected chi connectivity index (χ0v) is 33.4. The van der Waals surface area contributed by atoms with Crippen LogP contribution in [-0.4, -0.2) is 105 Å². The maximum atomic E-state index is 15.6. The number of nitrogens with one attached hydrogen (secondary N) is 2. The number of halogens is 2. The Balaban J connectivity index is 0.778. The van der Waals surface area contributed by atoms with E-state index in [4.69, 9.17) is 11.6 Å². The lowest BCUT2D eigenvalue weighted by Gasteiger charge is -2.40. The van der Waals surface area contributed by atoms with Crippen LogP contribution in [0.4, 0.5) is 27.1 Å². The number of piperazine rings is 1. The molecule has 11 nitrogen and oxygen atoms in total. The number of hydrogen-bond donors (Lipinski definition) is 2. The van der Waals surface area contributed by atoms with Gasteiger partial charge in [-0.25, -0.2) is 4.39 Å². The largest absolute Gasteiger partial charge is 0.374 e. The zero-order valence-electron chi connectivity index (χ0n) is 32.7. The highest BCUT2D eigenvalue weighted by Crippen LogP contribution is 2.46. The molecule has 0 saturated carbocycles. The van der Waals surface area contributed by atoms with Crippen molar-refractivity contribution < 1.29 is 18.8 Å². The average molecular weight is 795 g/mol. The molecule has 0 radical (unpaired) electrons. The highest BCUT2D eigenvalue weighted by Gasteiger charge is 2.44. The summed E-state index contributed by atoms with van der Waals surface area (Å²) in [6.07, 6.45) is 5.74. The van der Waals surface area contributed by atoms with Gasteiger partial charge < -0.3 is 24.9 Å². The van der Waals surface area contributed by atoms with E-state index in [9.17, 15) is 19.6 Å². The molecule has 8 rings (SSSR count). The second-order valence-corrected chi connectivity index (χ2v) is 17.2. The summed E-state index contributed by atoms with van der Waals surface area (Å²) in [4.78, 5) is 48.6. The van der Waals surface area contributed by atoms with Crippen molar-refractivity contribution in [3.05, 3.63) is 82.6 Å². The number of nitriles is 1. The molecule has 5 aliphatic heterocycles. The summed E-state index contributed by atoms with van der Waals surface area (Å²) in [5.41, 5.74) is 4.69. The number of piperidine rings is 3. The molecule has 5 saturated heterocycles. The quantitative estimate of drug-likeness (QED) is 0.260. The van der Waals surface area contributed by atoms with Gasteiger partial charge in [-0.05, 0) is 111 Å². The normalized spacial score (nSPS) is 23.1. The molecule has 0 aromatic heterocycles. The lowest BCUT2D eigenvalue weighted by molar-refractivity contribution is -0.133. The van der Waals surface area contributed by atoms with Gasteiger partial charge in [0.05, 0.1) is 16.1 Å². The Morgan fingerprint density at radius 1 is 0.912 bits per heavy atom. The summed E-state index contributed by atoms with van der Waals surface area (Å²) in [5, 5.41) is 15.5. The van der Waals surface area contributed by atoms with Gasteiger partial charge in [-0.2, -0.15) is 5.26 Å². The van der Waals surface area contributed by atoms with Crippen LogP contribution in [0, 0.1) is 28.5 Å². The number of imide groups is 1. The van der Waals surface area contributed by atoms with Crippen molar-refractivity contribution in [3.8, 4) is 6.07 Å². The van der Waals surface area contributed by atoms with E-state index in [-0.39, 0.29) is 28.7 Å². The highest BCUT2D eigenvalue weighted by atomic mass is 35.5. The monoisotopic (exact) mass is 794 g/mol. The fraction of sp³-hybridized carbons (Fsp3) is 0.500. The van der Waals surface area contributed by atoms with E-state index in [1.165, 1.54) is 0 Å². The van der Waals surface area contributed by atoms with Crippen molar-refractivity contribution in [2.45, 2.75) is 64.0 Å². The van der Waals surface area contributed by atoms with E-state index in [0.29, 0.717) is 48.5 Å². The molecule has 0 bridgehead atoms. The van der Waals surface area contributed by atoms with E-state index in [1.54, 1.807) is 18.2 Å². The molecular weight excluding hydrogens is 743 g/mol. The van der Waals surface area contributed by atoms with Crippen molar-refractivity contribution in [1.82, 2.24) is 15.1 Å². The van der Waals surface area contributed by atoms with Crippen LogP contribution in [0.5, 0.6) is 0 Å². The number of carbonyl (C=O) groups is 3. The first kappa shape index (κ1) is 39.0. The standard InChI is InChI=1S/C44H52ClFN8O3/c1-30-26-44(29-54(30)36-6-5-32(27-47)38(45)24-36)13-17-51(18-14-44)35-7-8-37(39(46)25-35)43(57)53-15-11-31(12-16-53)28-50-19-21-52(22-20-50)34-4-2-3-33(23-34)48-40-9-10-41(55)49-42(40)56/h2-8,23-25,30-31,40,48H,9-22,26,28-29H2,1H3,(H,49,55,56)/t30-,40+/m1/s1. The van der Waals surface area contributed by atoms with Crippen LogP contribution in [0.1, 0.15) is 67.8 Å². The Morgan fingerprint density at radius 2 is 1.63 bits per heavy atom.